The number of rotatable bonds is 7. The van der Waals surface area contributed by atoms with Crippen LogP contribution in [0.3, 0.4) is 0 Å². The summed E-state index contributed by atoms with van der Waals surface area (Å²) in [6, 6.07) is 8.70. The molecule has 0 saturated carbocycles. The lowest BCUT2D eigenvalue weighted by atomic mass is 9.99. The largest absolute Gasteiger partial charge is 0.373 e. The second-order valence-electron chi connectivity index (χ2n) is 5.09. The second kappa shape index (κ2) is 7.79. The van der Waals surface area contributed by atoms with Gasteiger partial charge in [0.1, 0.15) is 17.7 Å². The van der Waals surface area contributed by atoms with Crippen molar-refractivity contribution >= 4 is 9.84 Å². The number of nitrogens with zero attached hydrogens (tertiary/aromatic N) is 2. The van der Waals surface area contributed by atoms with Gasteiger partial charge in [0, 0.05) is 5.57 Å². The minimum absolute atomic E-state index is 0.117. The first kappa shape index (κ1) is 21.5. The smallest absolute Gasteiger partial charge is 0.228 e. The van der Waals surface area contributed by atoms with Gasteiger partial charge in [-0.25, -0.2) is 17.2 Å². The number of allylic oxidation sites excluding steroid dienone is 1. The van der Waals surface area contributed by atoms with Crippen molar-refractivity contribution in [3.8, 4) is 12.1 Å². The Labute approximate surface area is 144 Å². The summed E-state index contributed by atoms with van der Waals surface area (Å²) in [5.74, 6) is -14.4. The third-order valence-electron chi connectivity index (χ3n) is 3.19. The summed E-state index contributed by atoms with van der Waals surface area (Å²) in [6.45, 7) is 0. The van der Waals surface area contributed by atoms with Crippen molar-refractivity contribution in [3.05, 3.63) is 47.0 Å². The molecule has 0 heterocycles. The molecule has 0 bridgehead atoms. The topological polar surface area (TPSA) is 81.7 Å². The Bertz CT molecular complexity index is 852. The zero-order chi connectivity index (χ0) is 20.2. The number of hydrogen-bond acceptors (Lipinski definition) is 4. The van der Waals surface area contributed by atoms with Crippen molar-refractivity contribution in [3.63, 3.8) is 0 Å². The first-order valence-corrected chi connectivity index (χ1v) is 8.53. The van der Waals surface area contributed by atoms with Crippen molar-refractivity contribution in [2.45, 2.75) is 24.0 Å². The maximum atomic E-state index is 14.0. The number of alkyl halides is 6. The van der Waals surface area contributed by atoms with Crippen molar-refractivity contribution in [2.75, 3.05) is 5.75 Å². The van der Waals surface area contributed by atoms with Crippen LogP contribution in [0, 0.1) is 22.7 Å². The van der Waals surface area contributed by atoms with Crippen LogP contribution in [-0.2, 0) is 15.6 Å². The fraction of sp³-hybridized carbons (Fsp3) is 0.333. The molecule has 0 saturated heterocycles. The molecule has 26 heavy (non-hydrogen) atoms. The average Bonchev–Trinajstić information content (AvgIpc) is 2.55. The highest BCUT2D eigenvalue weighted by atomic mass is 32.2. The van der Waals surface area contributed by atoms with Gasteiger partial charge in [0.25, 0.3) is 0 Å². The fourth-order valence-electron chi connectivity index (χ4n) is 1.92. The van der Waals surface area contributed by atoms with E-state index in [9.17, 15) is 34.8 Å². The molecule has 140 valence electrons. The van der Waals surface area contributed by atoms with E-state index in [0.717, 1.165) is 12.1 Å². The molecular weight excluding hydrogens is 386 g/mol. The Balaban J connectivity index is 3.41. The molecule has 0 aromatic heterocycles. The van der Waals surface area contributed by atoms with Crippen LogP contribution >= 0.6 is 0 Å². The molecule has 0 aliphatic carbocycles. The summed E-state index contributed by atoms with van der Waals surface area (Å²) in [6.07, 6.45) is -4.84. The van der Waals surface area contributed by atoms with E-state index in [1.54, 1.807) is 0 Å². The Morgan fingerprint density at radius 1 is 1.04 bits per heavy atom. The monoisotopic (exact) mass is 396 g/mol. The first-order valence-electron chi connectivity index (χ1n) is 6.71. The van der Waals surface area contributed by atoms with E-state index in [-0.39, 0.29) is 5.56 Å². The van der Waals surface area contributed by atoms with E-state index >= 15 is 0 Å². The molecule has 11 heteroatoms. The predicted molar refractivity (Wildman–Crippen MR) is 78.1 cm³/mol. The lowest BCUT2D eigenvalue weighted by Gasteiger charge is -2.28. The Hall–Kier alpha value is -2.53. The predicted octanol–water partition coefficient (Wildman–Crippen LogP) is 3.48. The Kier molecular flexibility index (Phi) is 6.44. The van der Waals surface area contributed by atoms with Crippen LogP contribution in [0.5, 0.6) is 0 Å². The lowest BCUT2D eigenvalue weighted by Crippen LogP contribution is -2.49. The standard InChI is InChI=1S/C15H10F6N2O2S/c16-13(17)15(20,21)14(18,19)12(11(6-22)7-23)9-26(24,25)8-10-4-2-1-3-5-10/h1-5,13H,8-9H2. The van der Waals surface area contributed by atoms with Gasteiger partial charge in [-0.3, -0.25) is 0 Å². The van der Waals surface area contributed by atoms with E-state index in [4.69, 9.17) is 10.5 Å². The summed E-state index contributed by atoms with van der Waals surface area (Å²) in [5, 5.41) is 17.3. The van der Waals surface area contributed by atoms with Crippen LogP contribution in [0.4, 0.5) is 26.3 Å². The molecule has 0 fully saturated rings. The number of sulfone groups is 1. The van der Waals surface area contributed by atoms with Crippen LogP contribution in [0.1, 0.15) is 5.56 Å². The normalized spacial score (nSPS) is 12.3. The molecule has 1 aromatic rings. The van der Waals surface area contributed by atoms with E-state index in [2.05, 4.69) is 0 Å². The molecule has 0 atom stereocenters. The first-order chi connectivity index (χ1) is 11.9. The molecule has 4 nitrogen and oxygen atoms in total. The maximum Gasteiger partial charge on any atom is 0.373 e. The maximum absolute atomic E-state index is 14.0. The third-order valence-corrected chi connectivity index (χ3v) is 4.69. The quantitative estimate of drug-likeness (QED) is 0.522. The van der Waals surface area contributed by atoms with E-state index in [1.165, 1.54) is 30.3 Å². The van der Waals surface area contributed by atoms with Gasteiger partial charge in [-0.1, -0.05) is 30.3 Å². The summed E-state index contributed by atoms with van der Waals surface area (Å²) in [4.78, 5) is 0. The highest BCUT2D eigenvalue weighted by molar-refractivity contribution is 7.90. The van der Waals surface area contributed by atoms with Gasteiger partial charge in [0.2, 0.25) is 0 Å². The zero-order valence-electron chi connectivity index (χ0n) is 12.8. The van der Waals surface area contributed by atoms with Gasteiger partial charge >= 0.3 is 18.3 Å². The minimum atomic E-state index is -5.97. The molecule has 1 aromatic carbocycles. The van der Waals surface area contributed by atoms with Crippen molar-refractivity contribution in [1.29, 1.82) is 10.5 Å². The summed E-state index contributed by atoms with van der Waals surface area (Å²) >= 11 is 0. The molecule has 0 aliphatic rings. The number of hydrogen-bond donors (Lipinski definition) is 0. The zero-order valence-corrected chi connectivity index (χ0v) is 13.6. The van der Waals surface area contributed by atoms with E-state index < -0.39 is 50.8 Å². The van der Waals surface area contributed by atoms with Crippen LogP contribution in [0.25, 0.3) is 0 Å². The lowest BCUT2D eigenvalue weighted by molar-refractivity contribution is -0.246. The van der Waals surface area contributed by atoms with E-state index in [1.807, 2.05) is 0 Å². The molecule has 0 amide bonds. The summed E-state index contributed by atoms with van der Waals surface area (Å²) in [5.41, 5.74) is -3.71. The highest BCUT2D eigenvalue weighted by Crippen LogP contribution is 2.45. The van der Waals surface area contributed by atoms with Crippen molar-refractivity contribution < 1.29 is 34.8 Å². The van der Waals surface area contributed by atoms with Crippen molar-refractivity contribution in [1.82, 2.24) is 0 Å². The Morgan fingerprint density at radius 3 is 1.96 bits per heavy atom. The summed E-state index contributed by atoms with van der Waals surface area (Å²) in [7, 11) is -4.59. The van der Waals surface area contributed by atoms with Gasteiger partial charge in [0.15, 0.2) is 9.84 Å². The molecule has 0 unspecified atom stereocenters. The van der Waals surface area contributed by atoms with Gasteiger partial charge in [-0.15, -0.1) is 0 Å². The number of nitriles is 2. The number of benzene rings is 1. The molecule has 0 N–H and O–H groups in total. The fourth-order valence-corrected chi connectivity index (χ4v) is 3.48. The van der Waals surface area contributed by atoms with Crippen LogP contribution in [0.2, 0.25) is 0 Å². The second-order valence-corrected chi connectivity index (χ2v) is 7.16. The molecule has 1 rings (SSSR count). The highest BCUT2D eigenvalue weighted by Gasteiger charge is 2.65. The van der Waals surface area contributed by atoms with Gasteiger partial charge in [-0.05, 0) is 5.56 Å². The van der Waals surface area contributed by atoms with Gasteiger partial charge in [-0.2, -0.15) is 28.1 Å². The van der Waals surface area contributed by atoms with Crippen LogP contribution in [0.15, 0.2) is 41.5 Å². The molecule has 0 radical (unpaired) electrons. The SMILES string of the molecule is N#CC(C#N)=C(CS(=O)(=O)Cc1ccccc1)C(F)(F)C(F)(F)C(F)F. The minimum Gasteiger partial charge on any atom is -0.228 e. The Morgan fingerprint density at radius 2 is 1.54 bits per heavy atom. The molecule has 0 aliphatic heterocycles. The van der Waals surface area contributed by atoms with Gasteiger partial charge < -0.3 is 0 Å². The average molecular weight is 396 g/mol. The van der Waals surface area contributed by atoms with Crippen LogP contribution in [-0.4, -0.2) is 32.4 Å². The number of halogens is 6. The van der Waals surface area contributed by atoms with Crippen molar-refractivity contribution in [2.24, 2.45) is 0 Å². The van der Waals surface area contributed by atoms with E-state index in [0.29, 0.717) is 0 Å². The summed E-state index contributed by atoms with van der Waals surface area (Å²) < 4.78 is 103. The molecule has 0 spiro atoms. The third kappa shape index (κ3) is 4.55. The molecular formula is C15H10F6N2O2S. The van der Waals surface area contributed by atoms with Crippen LogP contribution < -0.4 is 0 Å². The van der Waals surface area contributed by atoms with Gasteiger partial charge in [0.05, 0.1) is 11.5 Å².